The van der Waals surface area contributed by atoms with Crippen molar-refractivity contribution < 1.29 is 4.79 Å². The van der Waals surface area contributed by atoms with Crippen LogP contribution in [0.5, 0.6) is 0 Å². The van der Waals surface area contributed by atoms with Gasteiger partial charge in [-0.15, -0.1) is 0 Å². The van der Waals surface area contributed by atoms with Crippen molar-refractivity contribution in [3.8, 4) is 0 Å². The second kappa shape index (κ2) is 5.27. The topological polar surface area (TPSA) is 62.5 Å². The first-order chi connectivity index (χ1) is 8.88. The van der Waals surface area contributed by atoms with E-state index in [1.54, 1.807) is 12.3 Å². The lowest BCUT2D eigenvalue weighted by molar-refractivity contribution is 0.0245. The Morgan fingerprint density at radius 3 is 2.68 bits per heavy atom. The number of nitrogens with two attached hydrogens (primary N) is 1. The molecule has 1 aromatic rings. The predicted octanol–water partition coefficient (Wildman–Crippen LogP) is 0.706. The SMILES string of the molecule is CN1CCN(Cc2ccc(C(N)=O)cn2)C(C)(C)C1. The number of piperazine rings is 1. The summed E-state index contributed by atoms with van der Waals surface area (Å²) >= 11 is 0. The van der Waals surface area contributed by atoms with Crippen LogP contribution in [0.4, 0.5) is 0 Å². The molecule has 2 N–H and O–H groups in total. The van der Waals surface area contributed by atoms with Gasteiger partial charge in [0, 0.05) is 37.9 Å². The van der Waals surface area contributed by atoms with Gasteiger partial charge in [-0.1, -0.05) is 0 Å². The van der Waals surface area contributed by atoms with Gasteiger partial charge in [0.2, 0.25) is 5.91 Å². The van der Waals surface area contributed by atoms with Gasteiger partial charge in [0.1, 0.15) is 0 Å². The summed E-state index contributed by atoms with van der Waals surface area (Å²) in [6, 6.07) is 3.63. The number of amides is 1. The van der Waals surface area contributed by atoms with Crippen LogP contribution in [-0.4, -0.2) is 52.9 Å². The number of hydrogen-bond donors (Lipinski definition) is 1. The molecule has 104 valence electrons. The van der Waals surface area contributed by atoms with Gasteiger partial charge in [-0.3, -0.25) is 14.7 Å². The molecule has 5 nitrogen and oxygen atoms in total. The van der Waals surface area contributed by atoms with E-state index in [0.717, 1.165) is 31.9 Å². The molecule has 0 unspecified atom stereocenters. The fourth-order valence-electron chi connectivity index (χ4n) is 2.59. The van der Waals surface area contributed by atoms with Crippen LogP contribution in [0, 0.1) is 0 Å². The summed E-state index contributed by atoms with van der Waals surface area (Å²) in [5.41, 5.74) is 6.78. The molecule has 1 aliphatic heterocycles. The molecule has 1 amide bonds. The van der Waals surface area contributed by atoms with Crippen LogP contribution in [0.1, 0.15) is 29.9 Å². The first-order valence-electron chi connectivity index (χ1n) is 6.57. The number of carbonyl (C=O) groups is 1. The number of primary amides is 1. The van der Waals surface area contributed by atoms with Gasteiger partial charge in [-0.05, 0) is 33.0 Å². The Morgan fingerprint density at radius 1 is 1.42 bits per heavy atom. The maximum Gasteiger partial charge on any atom is 0.250 e. The number of rotatable bonds is 3. The molecule has 1 saturated heterocycles. The van der Waals surface area contributed by atoms with Gasteiger partial charge < -0.3 is 10.6 Å². The van der Waals surface area contributed by atoms with Crippen molar-refractivity contribution >= 4 is 5.91 Å². The molecular weight excluding hydrogens is 240 g/mol. The van der Waals surface area contributed by atoms with Gasteiger partial charge in [0.15, 0.2) is 0 Å². The second-order valence-electron chi connectivity index (χ2n) is 5.87. The second-order valence-corrected chi connectivity index (χ2v) is 5.87. The zero-order valence-corrected chi connectivity index (χ0v) is 11.9. The highest BCUT2D eigenvalue weighted by Crippen LogP contribution is 2.21. The van der Waals surface area contributed by atoms with Crippen LogP contribution in [0.25, 0.3) is 0 Å². The summed E-state index contributed by atoms with van der Waals surface area (Å²) in [5.74, 6) is -0.432. The van der Waals surface area contributed by atoms with Crippen molar-refractivity contribution in [3.05, 3.63) is 29.6 Å². The first kappa shape index (κ1) is 14.0. The van der Waals surface area contributed by atoms with Crippen LogP contribution in [0.3, 0.4) is 0 Å². The zero-order valence-electron chi connectivity index (χ0n) is 11.9. The highest BCUT2D eigenvalue weighted by Gasteiger charge is 2.32. The summed E-state index contributed by atoms with van der Waals surface area (Å²) in [4.78, 5) is 20.1. The van der Waals surface area contributed by atoms with Crippen LogP contribution in [0.2, 0.25) is 0 Å². The van der Waals surface area contributed by atoms with Crippen molar-refractivity contribution in [2.24, 2.45) is 5.73 Å². The average Bonchev–Trinajstić information content (AvgIpc) is 2.33. The minimum Gasteiger partial charge on any atom is -0.366 e. The van der Waals surface area contributed by atoms with E-state index in [4.69, 9.17) is 5.73 Å². The van der Waals surface area contributed by atoms with Crippen molar-refractivity contribution in [1.29, 1.82) is 0 Å². The number of aromatic nitrogens is 1. The molecule has 0 saturated carbocycles. The molecule has 1 aromatic heterocycles. The van der Waals surface area contributed by atoms with E-state index in [1.165, 1.54) is 0 Å². The standard InChI is InChI=1S/C14H22N4O/c1-14(2)10-17(3)6-7-18(14)9-12-5-4-11(8-16-12)13(15)19/h4-5,8H,6-7,9-10H2,1-3H3,(H2,15,19). The Kier molecular flexibility index (Phi) is 3.87. The first-order valence-corrected chi connectivity index (χ1v) is 6.57. The van der Waals surface area contributed by atoms with Gasteiger partial charge >= 0.3 is 0 Å². The molecule has 0 aliphatic carbocycles. The lowest BCUT2D eigenvalue weighted by Gasteiger charge is -2.46. The Labute approximate surface area is 114 Å². The third-order valence-electron chi connectivity index (χ3n) is 3.73. The quantitative estimate of drug-likeness (QED) is 0.871. The number of hydrogen-bond acceptors (Lipinski definition) is 4. The Balaban J connectivity index is 2.06. The minimum atomic E-state index is -0.432. The maximum absolute atomic E-state index is 11.0. The summed E-state index contributed by atoms with van der Waals surface area (Å²) < 4.78 is 0. The molecule has 0 radical (unpaired) electrons. The van der Waals surface area contributed by atoms with Gasteiger partial charge in [0.25, 0.3) is 0 Å². The van der Waals surface area contributed by atoms with Gasteiger partial charge in [0.05, 0.1) is 11.3 Å². The van der Waals surface area contributed by atoms with E-state index in [2.05, 4.69) is 35.7 Å². The van der Waals surface area contributed by atoms with Crippen LogP contribution in [-0.2, 0) is 6.54 Å². The zero-order chi connectivity index (χ0) is 14.0. The van der Waals surface area contributed by atoms with Crippen LogP contribution < -0.4 is 5.73 Å². The lowest BCUT2D eigenvalue weighted by Crippen LogP contribution is -2.57. The molecule has 5 heteroatoms. The highest BCUT2D eigenvalue weighted by atomic mass is 16.1. The molecule has 2 heterocycles. The van der Waals surface area contributed by atoms with E-state index in [1.807, 2.05) is 6.07 Å². The molecule has 2 rings (SSSR count). The normalized spacial score (nSPS) is 20.4. The molecule has 0 atom stereocenters. The number of likely N-dealkylation sites (N-methyl/N-ethyl adjacent to an activating group) is 1. The van der Waals surface area contributed by atoms with E-state index >= 15 is 0 Å². The third-order valence-corrected chi connectivity index (χ3v) is 3.73. The van der Waals surface area contributed by atoms with Crippen molar-refractivity contribution in [1.82, 2.24) is 14.8 Å². The number of pyridine rings is 1. The summed E-state index contributed by atoms with van der Waals surface area (Å²) in [6.45, 7) is 8.46. The molecule has 19 heavy (non-hydrogen) atoms. The van der Waals surface area contributed by atoms with E-state index < -0.39 is 5.91 Å². The monoisotopic (exact) mass is 262 g/mol. The fourth-order valence-corrected chi connectivity index (χ4v) is 2.59. The molecule has 1 fully saturated rings. The Bertz CT molecular complexity index is 455. The molecule has 1 aliphatic rings. The summed E-state index contributed by atoms with van der Waals surface area (Å²) in [7, 11) is 2.15. The van der Waals surface area contributed by atoms with E-state index in [9.17, 15) is 4.79 Å². The van der Waals surface area contributed by atoms with E-state index in [-0.39, 0.29) is 5.54 Å². The summed E-state index contributed by atoms with van der Waals surface area (Å²) in [5, 5.41) is 0. The number of carbonyl (C=O) groups excluding carboxylic acids is 1. The van der Waals surface area contributed by atoms with Gasteiger partial charge in [-0.2, -0.15) is 0 Å². The van der Waals surface area contributed by atoms with Crippen LogP contribution >= 0.6 is 0 Å². The smallest absolute Gasteiger partial charge is 0.250 e. The Hall–Kier alpha value is -1.46. The predicted molar refractivity (Wildman–Crippen MR) is 74.7 cm³/mol. The molecule has 0 bridgehead atoms. The highest BCUT2D eigenvalue weighted by molar-refractivity contribution is 5.92. The largest absolute Gasteiger partial charge is 0.366 e. The summed E-state index contributed by atoms with van der Waals surface area (Å²) in [6.07, 6.45) is 1.56. The van der Waals surface area contributed by atoms with Crippen molar-refractivity contribution in [3.63, 3.8) is 0 Å². The molecule has 0 aromatic carbocycles. The van der Waals surface area contributed by atoms with Gasteiger partial charge in [-0.25, -0.2) is 0 Å². The molecule has 0 spiro atoms. The number of nitrogens with zero attached hydrogens (tertiary/aromatic N) is 3. The minimum absolute atomic E-state index is 0.136. The van der Waals surface area contributed by atoms with Crippen molar-refractivity contribution in [2.75, 3.05) is 26.7 Å². The van der Waals surface area contributed by atoms with Crippen LogP contribution in [0.15, 0.2) is 18.3 Å². The third kappa shape index (κ3) is 3.30. The molecular formula is C14H22N4O. The fraction of sp³-hybridized carbons (Fsp3) is 0.571. The average molecular weight is 262 g/mol. The Morgan fingerprint density at radius 2 is 2.16 bits per heavy atom. The maximum atomic E-state index is 11.0. The van der Waals surface area contributed by atoms with Crippen molar-refractivity contribution in [2.45, 2.75) is 25.9 Å². The lowest BCUT2D eigenvalue weighted by atomic mass is 9.99. The van der Waals surface area contributed by atoms with E-state index in [0.29, 0.717) is 5.56 Å².